The van der Waals surface area contributed by atoms with Crippen LogP contribution in [0.5, 0.6) is 11.5 Å². The molecule has 0 aliphatic heterocycles. The second kappa shape index (κ2) is 7.05. The number of nitrogens with zero attached hydrogens (tertiary/aromatic N) is 1. The molecule has 2 aromatic rings. The SMILES string of the molecule is CCOc1ccc(C(=O)COc2cncc(Br)c2)cc1. The maximum Gasteiger partial charge on any atom is 0.200 e. The van der Waals surface area contributed by atoms with Gasteiger partial charge < -0.3 is 9.47 Å². The summed E-state index contributed by atoms with van der Waals surface area (Å²) in [5.41, 5.74) is 0.594. The van der Waals surface area contributed by atoms with Crippen LogP contribution >= 0.6 is 15.9 Å². The quantitative estimate of drug-likeness (QED) is 0.758. The molecule has 2 rings (SSSR count). The van der Waals surface area contributed by atoms with Crippen LogP contribution in [-0.2, 0) is 0 Å². The van der Waals surface area contributed by atoms with E-state index in [1.165, 1.54) is 0 Å². The van der Waals surface area contributed by atoms with E-state index in [4.69, 9.17) is 9.47 Å². The minimum Gasteiger partial charge on any atom is -0.494 e. The molecule has 0 unspecified atom stereocenters. The van der Waals surface area contributed by atoms with E-state index < -0.39 is 0 Å². The van der Waals surface area contributed by atoms with Gasteiger partial charge in [-0.25, -0.2) is 0 Å². The van der Waals surface area contributed by atoms with Crippen LogP contribution in [0.1, 0.15) is 17.3 Å². The molecule has 0 aliphatic rings. The van der Waals surface area contributed by atoms with Gasteiger partial charge in [0.2, 0.25) is 0 Å². The lowest BCUT2D eigenvalue weighted by molar-refractivity contribution is 0.0921. The molecule has 0 amide bonds. The average molecular weight is 336 g/mol. The molecule has 5 heteroatoms. The molecule has 0 saturated heterocycles. The van der Waals surface area contributed by atoms with Crippen molar-refractivity contribution in [2.75, 3.05) is 13.2 Å². The fourth-order valence-corrected chi connectivity index (χ4v) is 1.95. The van der Waals surface area contributed by atoms with E-state index in [0.717, 1.165) is 10.2 Å². The number of pyridine rings is 1. The van der Waals surface area contributed by atoms with Crippen molar-refractivity contribution in [2.24, 2.45) is 0 Å². The number of hydrogen-bond acceptors (Lipinski definition) is 4. The summed E-state index contributed by atoms with van der Waals surface area (Å²) >= 11 is 3.30. The van der Waals surface area contributed by atoms with Gasteiger partial charge in [-0.3, -0.25) is 9.78 Å². The Morgan fingerprint density at radius 3 is 2.55 bits per heavy atom. The zero-order valence-electron chi connectivity index (χ0n) is 11.0. The second-order valence-corrected chi connectivity index (χ2v) is 4.92. The highest BCUT2D eigenvalue weighted by atomic mass is 79.9. The number of benzene rings is 1. The van der Waals surface area contributed by atoms with E-state index in [1.54, 1.807) is 42.7 Å². The molecule has 0 fully saturated rings. The maximum atomic E-state index is 12.0. The minimum absolute atomic E-state index is 0.0217. The largest absolute Gasteiger partial charge is 0.494 e. The Morgan fingerprint density at radius 2 is 1.90 bits per heavy atom. The summed E-state index contributed by atoms with van der Waals surface area (Å²) in [5.74, 6) is 1.22. The van der Waals surface area contributed by atoms with Gasteiger partial charge >= 0.3 is 0 Å². The monoisotopic (exact) mass is 335 g/mol. The predicted molar refractivity (Wildman–Crippen MR) is 79.4 cm³/mol. The van der Waals surface area contributed by atoms with E-state index in [1.807, 2.05) is 6.92 Å². The van der Waals surface area contributed by atoms with Gasteiger partial charge in [-0.05, 0) is 53.2 Å². The van der Waals surface area contributed by atoms with Gasteiger partial charge in [-0.1, -0.05) is 0 Å². The normalized spacial score (nSPS) is 10.1. The van der Waals surface area contributed by atoms with Crippen molar-refractivity contribution < 1.29 is 14.3 Å². The molecule has 0 atom stereocenters. The summed E-state index contributed by atoms with van der Waals surface area (Å²) in [5, 5.41) is 0. The number of carbonyl (C=O) groups excluding carboxylic acids is 1. The Morgan fingerprint density at radius 1 is 1.15 bits per heavy atom. The van der Waals surface area contributed by atoms with Gasteiger partial charge in [0, 0.05) is 16.2 Å². The number of ketones is 1. The van der Waals surface area contributed by atoms with Gasteiger partial charge in [0.25, 0.3) is 0 Å². The number of carbonyl (C=O) groups is 1. The molecule has 104 valence electrons. The van der Waals surface area contributed by atoms with Gasteiger partial charge in [0.1, 0.15) is 11.5 Å². The van der Waals surface area contributed by atoms with E-state index in [9.17, 15) is 4.79 Å². The summed E-state index contributed by atoms with van der Waals surface area (Å²) in [6.45, 7) is 2.50. The van der Waals surface area contributed by atoms with Gasteiger partial charge in [-0.2, -0.15) is 0 Å². The van der Waals surface area contributed by atoms with Crippen molar-refractivity contribution in [1.82, 2.24) is 4.98 Å². The van der Waals surface area contributed by atoms with Gasteiger partial charge in [-0.15, -0.1) is 0 Å². The number of halogens is 1. The highest BCUT2D eigenvalue weighted by Gasteiger charge is 2.07. The van der Waals surface area contributed by atoms with Gasteiger partial charge in [0.15, 0.2) is 12.4 Å². The van der Waals surface area contributed by atoms with Crippen LogP contribution in [0.2, 0.25) is 0 Å². The summed E-state index contributed by atoms with van der Waals surface area (Å²) in [6, 6.07) is 8.78. The first-order chi connectivity index (χ1) is 9.69. The Hall–Kier alpha value is -1.88. The van der Waals surface area contributed by atoms with E-state index >= 15 is 0 Å². The molecule has 0 radical (unpaired) electrons. The minimum atomic E-state index is -0.0898. The highest BCUT2D eigenvalue weighted by Crippen LogP contribution is 2.17. The van der Waals surface area contributed by atoms with Crippen LogP contribution < -0.4 is 9.47 Å². The third-order valence-corrected chi connectivity index (χ3v) is 2.97. The highest BCUT2D eigenvalue weighted by molar-refractivity contribution is 9.10. The summed E-state index contributed by atoms with van der Waals surface area (Å²) in [4.78, 5) is 15.9. The summed E-state index contributed by atoms with van der Waals surface area (Å²) in [7, 11) is 0. The summed E-state index contributed by atoms with van der Waals surface area (Å²) in [6.07, 6.45) is 3.22. The summed E-state index contributed by atoms with van der Waals surface area (Å²) < 4.78 is 11.5. The fraction of sp³-hybridized carbons (Fsp3) is 0.200. The molecule has 1 aromatic carbocycles. The average Bonchev–Trinajstić information content (AvgIpc) is 2.46. The topological polar surface area (TPSA) is 48.4 Å². The molecule has 0 N–H and O–H groups in total. The number of hydrogen-bond donors (Lipinski definition) is 0. The Balaban J connectivity index is 1.94. The molecule has 1 aromatic heterocycles. The van der Waals surface area contributed by atoms with E-state index in [2.05, 4.69) is 20.9 Å². The van der Waals surface area contributed by atoms with Crippen molar-refractivity contribution in [1.29, 1.82) is 0 Å². The maximum absolute atomic E-state index is 12.0. The number of Topliss-reactive ketones (excluding diaryl/α,β-unsaturated/α-hetero) is 1. The van der Waals surface area contributed by atoms with Crippen LogP contribution in [0.4, 0.5) is 0 Å². The Labute approximate surface area is 125 Å². The number of rotatable bonds is 6. The third-order valence-electron chi connectivity index (χ3n) is 2.54. The molecule has 0 spiro atoms. The van der Waals surface area contributed by atoms with Crippen LogP contribution in [0.15, 0.2) is 47.2 Å². The number of ether oxygens (including phenoxy) is 2. The first kappa shape index (κ1) is 14.5. The molecule has 0 saturated carbocycles. The molecular weight excluding hydrogens is 322 g/mol. The molecular formula is C15H14BrNO3. The zero-order valence-corrected chi connectivity index (χ0v) is 12.6. The van der Waals surface area contributed by atoms with E-state index in [-0.39, 0.29) is 12.4 Å². The lowest BCUT2D eigenvalue weighted by Gasteiger charge is -2.06. The standard InChI is InChI=1S/C15H14BrNO3/c1-2-19-13-5-3-11(4-6-13)15(18)10-20-14-7-12(16)8-17-9-14/h3-9H,2,10H2,1H3. The molecule has 20 heavy (non-hydrogen) atoms. The predicted octanol–water partition coefficient (Wildman–Crippen LogP) is 3.50. The van der Waals surface area contributed by atoms with Crippen molar-refractivity contribution >= 4 is 21.7 Å². The van der Waals surface area contributed by atoms with Crippen molar-refractivity contribution in [2.45, 2.75) is 6.92 Å². The first-order valence-electron chi connectivity index (χ1n) is 6.18. The molecule has 1 heterocycles. The first-order valence-corrected chi connectivity index (χ1v) is 6.97. The zero-order chi connectivity index (χ0) is 14.4. The Kier molecular flexibility index (Phi) is 5.12. The van der Waals surface area contributed by atoms with Crippen molar-refractivity contribution in [3.8, 4) is 11.5 Å². The molecule has 0 bridgehead atoms. The lowest BCUT2D eigenvalue weighted by Crippen LogP contribution is -2.11. The van der Waals surface area contributed by atoms with Crippen molar-refractivity contribution in [3.05, 3.63) is 52.8 Å². The molecule has 4 nitrogen and oxygen atoms in total. The second-order valence-electron chi connectivity index (χ2n) is 4.01. The van der Waals surface area contributed by atoms with E-state index in [0.29, 0.717) is 17.9 Å². The van der Waals surface area contributed by atoms with Crippen LogP contribution in [0.3, 0.4) is 0 Å². The Bertz CT molecular complexity index is 584. The number of aromatic nitrogens is 1. The lowest BCUT2D eigenvalue weighted by atomic mass is 10.1. The van der Waals surface area contributed by atoms with Gasteiger partial charge in [0.05, 0.1) is 12.8 Å². The van der Waals surface area contributed by atoms with Crippen LogP contribution in [0.25, 0.3) is 0 Å². The van der Waals surface area contributed by atoms with Crippen LogP contribution in [-0.4, -0.2) is 24.0 Å². The van der Waals surface area contributed by atoms with Crippen molar-refractivity contribution in [3.63, 3.8) is 0 Å². The molecule has 0 aliphatic carbocycles. The van der Waals surface area contributed by atoms with Crippen LogP contribution in [0, 0.1) is 0 Å². The fourth-order valence-electron chi connectivity index (χ4n) is 1.61. The third kappa shape index (κ3) is 4.06. The smallest absolute Gasteiger partial charge is 0.200 e.